The highest BCUT2D eigenvalue weighted by Gasteiger charge is 2.74. The zero-order chi connectivity index (χ0) is 23.0. The Bertz CT molecular complexity index is 956. The predicted molar refractivity (Wildman–Crippen MR) is 108 cm³/mol. The Morgan fingerprint density at radius 1 is 1.26 bits per heavy atom. The normalized spacial score (nSPS) is 30.1. The summed E-state index contributed by atoms with van der Waals surface area (Å²) in [4.78, 5) is 39.1. The number of nitrogens with one attached hydrogen (secondary N) is 1. The Balaban J connectivity index is 1.98. The first kappa shape index (κ1) is 22.8. The first-order chi connectivity index (χ1) is 14.7. The van der Waals surface area contributed by atoms with Crippen LogP contribution in [0.5, 0.6) is 0 Å². The fourth-order valence-electron chi connectivity index (χ4n) is 3.74. The largest absolute Gasteiger partial charge is 0.467 e. The van der Waals surface area contributed by atoms with Crippen LogP contribution in [0.1, 0.15) is 30.6 Å². The van der Waals surface area contributed by atoms with Crippen LogP contribution in [0.4, 0.5) is 0 Å². The van der Waals surface area contributed by atoms with E-state index >= 15 is 0 Å². The number of aliphatic hydroxyl groups excluding tert-OH is 3. The molecule has 1 spiro atoms. The predicted octanol–water partition coefficient (Wildman–Crippen LogP) is 0.00280. The van der Waals surface area contributed by atoms with E-state index in [0.29, 0.717) is 6.42 Å². The number of carbonyl (C=O) groups excluding carboxylic acids is 3. The molecule has 2 aliphatic heterocycles. The minimum absolute atomic E-state index is 0.0867. The van der Waals surface area contributed by atoms with Gasteiger partial charge in [-0.2, -0.15) is 0 Å². The SMILES string of the molecule is CCC(O)/C=C/[C@H](O)C1=C(C)C(=O)[C@]2(O1)C(=O)N[C@@](OC)(C(=O)c1ccccc1)C2O. The highest BCUT2D eigenvalue weighted by molar-refractivity contribution is 6.23. The molecule has 0 bridgehead atoms. The summed E-state index contributed by atoms with van der Waals surface area (Å²) in [6.07, 6.45) is -1.35. The van der Waals surface area contributed by atoms with Crippen LogP contribution >= 0.6 is 0 Å². The number of methoxy groups -OCH3 is 1. The molecule has 0 radical (unpaired) electrons. The summed E-state index contributed by atoms with van der Waals surface area (Å²) in [6.45, 7) is 3.08. The van der Waals surface area contributed by atoms with Gasteiger partial charge in [-0.05, 0) is 13.3 Å². The molecule has 1 saturated heterocycles. The van der Waals surface area contributed by atoms with Crippen molar-refractivity contribution in [3.8, 4) is 0 Å². The highest BCUT2D eigenvalue weighted by Crippen LogP contribution is 2.44. The molecule has 2 heterocycles. The summed E-state index contributed by atoms with van der Waals surface area (Å²) >= 11 is 0. The van der Waals surface area contributed by atoms with E-state index in [4.69, 9.17) is 9.47 Å². The number of rotatable bonds is 7. The van der Waals surface area contributed by atoms with Crippen molar-refractivity contribution < 1.29 is 39.2 Å². The van der Waals surface area contributed by atoms with Crippen LogP contribution in [0, 0.1) is 0 Å². The highest BCUT2D eigenvalue weighted by atomic mass is 16.6. The first-order valence-electron chi connectivity index (χ1n) is 9.80. The summed E-state index contributed by atoms with van der Waals surface area (Å²) in [5.41, 5.74) is -4.69. The van der Waals surface area contributed by atoms with Gasteiger partial charge in [-0.15, -0.1) is 0 Å². The van der Waals surface area contributed by atoms with Gasteiger partial charge in [0.1, 0.15) is 11.9 Å². The van der Waals surface area contributed by atoms with E-state index in [1.807, 2.05) is 0 Å². The van der Waals surface area contributed by atoms with Crippen LogP contribution in [-0.4, -0.2) is 69.5 Å². The van der Waals surface area contributed by atoms with Gasteiger partial charge in [0.05, 0.1) is 6.10 Å². The topological polar surface area (TPSA) is 142 Å². The van der Waals surface area contributed by atoms with Crippen molar-refractivity contribution in [2.75, 3.05) is 7.11 Å². The van der Waals surface area contributed by atoms with Gasteiger partial charge in [0, 0.05) is 18.2 Å². The number of ketones is 2. The number of ether oxygens (including phenoxy) is 2. The van der Waals surface area contributed by atoms with Crippen molar-refractivity contribution in [1.29, 1.82) is 0 Å². The standard InChI is InChI=1S/C22H25NO8/c1-4-14(24)10-11-15(25)16-12(2)17(26)21(31-16)19(28)22(30-3,23-20(21)29)18(27)13-8-6-5-7-9-13/h5-11,14-15,19,24-25,28H,4H2,1-3H3,(H,23,29)/b11-10+/t14?,15-,19?,21+,22+/m0/s1. The molecule has 1 aromatic rings. The van der Waals surface area contributed by atoms with Gasteiger partial charge in [-0.25, -0.2) is 0 Å². The monoisotopic (exact) mass is 431 g/mol. The van der Waals surface area contributed by atoms with Gasteiger partial charge in [0.15, 0.2) is 6.10 Å². The minimum Gasteiger partial charge on any atom is -0.467 e. The lowest BCUT2D eigenvalue weighted by atomic mass is 9.85. The molecule has 5 atom stereocenters. The fraction of sp³-hybridized carbons (Fsp3) is 0.409. The maximum atomic E-state index is 13.1. The third-order valence-electron chi connectivity index (χ3n) is 5.62. The number of hydrogen-bond donors (Lipinski definition) is 4. The van der Waals surface area contributed by atoms with E-state index in [1.54, 1.807) is 25.1 Å². The second-order valence-electron chi connectivity index (χ2n) is 7.45. The van der Waals surface area contributed by atoms with Crippen molar-refractivity contribution in [2.24, 2.45) is 0 Å². The summed E-state index contributed by atoms with van der Waals surface area (Å²) in [6, 6.07) is 7.85. The molecule has 0 aromatic heterocycles. The van der Waals surface area contributed by atoms with Gasteiger partial charge in [-0.3, -0.25) is 14.4 Å². The molecule has 9 heteroatoms. The molecular weight excluding hydrogens is 406 g/mol. The maximum absolute atomic E-state index is 13.1. The van der Waals surface area contributed by atoms with Crippen LogP contribution in [0.3, 0.4) is 0 Å². The van der Waals surface area contributed by atoms with E-state index < -0.39 is 47.1 Å². The Morgan fingerprint density at radius 2 is 1.90 bits per heavy atom. The molecule has 4 N–H and O–H groups in total. The lowest BCUT2D eigenvalue weighted by molar-refractivity contribution is -0.161. The lowest BCUT2D eigenvalue weighted by Crippen LogP contribution is -2.60. The number of Topliss-reactive ketones (excluding diaryl/α,β-unsaturated/α-hetero) is 2. The Kier molecular flexibility index (Phi) is 6.15. The van der Waals surface area contributed by atoms with Gasteiger partial charge in [-0.1, -0.05) is 49.4 Å². The van der Waals surface area contributed by atoms with Gasteiger partial charge in [0.25, 0.3) is 11.5 Å². The van der Waals surface area contributed by atoms with E-state index in [2.05, 4.69) is 5.32 Å². The summed E-state index contributed by atoms with van der Waals surface area (Å²) in [7, 11) is 1.12. The van der Waals surface area contributed by atoms with Crippen molar-refractivity contribution in [1.82, 2.24) is 5.32 Å². The molecule has 2 unspecified atom stereocenters. The average molecular weight is 431 g/mol. The smallest absolute Gasteiger partial charge is 0.278 e. The zero-order valence-electron chi connectivity index (χ0n) is 17.4. The van der Waals surface area contributed by atoms with E-state index in [-0.39, 0.29) is 16.9 Å². The number of amides is 1. The molecule has 0 aliphatic carbocycles. The molecule has 31 heavy (non-hydrogen) atoms. The van der Waals surface area contributed by atoms with E-state index in [0.717, 1.165) is 7.11 Å². The van der Waals surface area contributed by atoms with Crippen LogP contribution in [-0.2, 0) is 19.1 Å². The van der Waals surface area contributed by atoms with Crippen molar-refractivity contribution in [2.45, 2.75) is 49.9 Å². The summed E-state index contributed by atoms with van der Waals surface area (Å²) in [5.74, 6) is -2.97. The Labute approximate surface area is 179 Å². The van der Waals surface area contributed by atoms with Crippen LogP contribution in [0.25, 0.3) is 0 Å². The van der Waals surface area contributed by atoms with Crippen molar-refractivity contribution in [3.05, 3.63) is 59.4 Å². The maximum Gasteiger partial charge on any atom is 0.278 e. The summed E-state index contributed by atoms with van der Waals surface area (Å²) in [5, 5.41) is 33.5. The molecule has 1 aromatic carbocycles. The number of carbonyl (C=O) groups is 3. The Hall–Kier alpha value is -2.85. The second-order valence-corrected chi connectivity index (χ2v) is 7.45. The van der Waals surface area contributed by atoms with Gasteiger partial charge >= 0.3 is 0 Å². The van der Waals surface area contributed by atoms with Gasteiger partial charge in [0.2, 0.25) is 17.3 Å². The molecule has 1 fully saturated rings. The van der Waals surface area contributed by atoms with Crippen LogP contribution < -0.4 is 5.32 Å². The molecule has 3 rings (SSSR count). The molecule has 2 aliphatic rings. The second kappa shape index (κ2) is 8.35. The number of benzene rings is 1. The van der Waals surface area contributed by atoms with Crippen molar-refractivity contribution >= 4 is 17.5 Å². The molecule has 1 amide bonds. The molecule has 0 saturated carbocycles. The number of aliphatic hydroxyl groups is 3. The zero-order valence-corrected chi connectivity index (χ0v) is 17.4. The molecular formula is C22H25NO8. The molecule has 166 valence electrons. The van der Waals surface area contributed by atoms with E-state index in [1.165, 1.54) is 31.2 Å². The first-order valence-corrected chi connectivity index (χ1v) is 9.80. The van der Waals surface area contributed by atoms with Crippen molar-refractivity contribution in [3.63, 3.8) is 0 Å². The third-order valence-corrected chi connectivity index (χ3v) is 5.62. The van der Waals surface area contributed by atoms with Gasteiger partial charge < -0.3 is 30.1 Å². The fourth-order valence-corrected chi connectivity index (χ4v) is 3.74. The third kappa shape index (κ3) is 3.39. The van der Waals surface area contributed by atoms with Crippen LogP contribution in [0.2, 0.25) is 0 Å². The average Bonchev–Trinajstić information content (AvgIpc) is 3.18. The lowest BCUT2D eigenvalue weighted by Gasteiger charge is -2.32. The minimum atomic E-state index is -2.49. The van der Waals surface area contributed by atoms with E-state index in [9.17, 15) is 29.7 Å². The Morgan fingerprint density at radius 3 is 2.48 bits per heavy atom. The molecule has 9 nitrogen and oxygen atoms in total. The van der Waals surface area contributed by atoms with Crippen LogP contribution in [0.15, 0.2) is 53.8 Å². The summed E-state index contributed by atoms with van der Waals surface area (Å²) < 4.78 is 10.8. The number of hydrogen-bond acceptors (Lipinski definition) is 8. The quantitative estimate of drug-likeness (QED) is 0.269.